The standard InChI is InChI=1S/C29H28F2N3O9PS/c1-3-41-44(38,42-15-24(36)39-2)43-28-21(35)10-11-33-27(28)29(37)32-12-13-40-14-23(32)34(33)26-17-8-9-20(30)25(31)19(17)16-45-22-7-5-4-6-18(22)26/h4-11,23,26H,3,12-16H2,1-2H3/t23-,26+,44?/m1/s1. The number of carbonyl (C=O) groups excluding carboxylic acids is 2. The summed E-state index contributed by atoms with van der Waals surface area (Å²) in [5.74, 6) is -3.98. The number of esters is 1. The summed E-state index contributed by atoms with van der Waals surface area (Å²) in [7, 11) is -3.54. The van der Waals surface area contributed by atoms with Crippen molar-refractivity contribution in [3.05, 3.63) is 92.9 Å². The zero-order valence-corrected chi connectivity index (χ0v) is 25.9. The molecule has 1 fully saturated rings. The lowest BCUT2D eigenvalue weighted by atomic mass is 9.93. The fourth-order valence-electron chi connectivity index (χ4n) is 5.61. The van der Waals surface area contributed by atoms with Crippen LogP contribution in [0.5, 0.6) is 5.75 Å². The first kappa shape index (κ1) is 31.2. The Morgan fingerprint density at radius 1 is 1.11 bits per heavy atom. The summed E-state index contributed by atoms with van der Waals surface area (Å²) in [6.07, 6.45) is 0.598. The second-order valence-corrected chi connectivity index (χ2v) is 12.7. The van der Waals surface area contributed by atoms with Gasteiger partial charge < -0.3 is 18.9 Å². The molecule has 0 bridgehead atoms. The molecule has 1 unspecified atom stereocenters. The minimum Gasteiger partial charge on any atom is -0.467 e. The summed E-state index contributed by atoms with van der Waals surface area (Å²) in [4.78, 5) is 41.4. The number of hydrogen-bond donors (Lipinski definition) is 0. The zero-order valence-electron chi connectivity index (χ0n) is 24.1. The number of carbonyl (C=O) groups is 2. The zero-order chi connectivity index (χ0) is 31.9. The van der Waals surface area contributed by atoms with E-state index in [1.54, 1.807) is 5.01 Å². The third-order valence-electron chi connectivity index (χ3n) is 7.59. The minimum atomic E-state index is -4.64. The van der Waals surface area contributed by atoms with Gasteiger partial charge in [-0.25, -0.2) is 18.1 Å². The van der Waals surface area contributed by atoms with Gasteiger partial charge in [0.1, 0.15) is 6.17 Å². The van der Waals surface area contributed by atoms with E-state index in [-0.39, 0.29) is 43.4 Å². The predicted molar refractivity (Wildman–Crippen MR) is 157 cm³/mol. The Morgan fingerprint density at radius 2 is 1.91 bits per heavy atom. The molecule has 0 aliphatic carbocycles. The number of pyridine rings is 1. The number of nitrogens with zero attached hydrogens (tertiary/aromatic N) is 3. The van der Waals surface area contributed by atoms with Crippen molar-refractivity contribution in [2.45, 2.75) is 29.8 Å². The van der Waals surface area contributed by atoms with E-state index in [4.69, 9.17) is 18.3 Å². The topological polar surface area (TPSA) is 126 Å². The van der Waals surface area contributed by atoms with Crippen LogP contribution in [0.15, 0.2) is 58.4 Å². The molecule has 0 N–H and O–H groups in total. The number of phosphoric acid groups is 1. The largest absolute Gasteiger partial charge is 0.530 e. The molecule has 0 radical (unpaired) electrons. The molecule has 6 rings (SSSR count). The van der Waals surface area contributed by atoms with Gasteiger partial charge in [0.25, 0.3) is 5.91 Å². The number of morpholine rings is 1. The van der Waals surface area contributed by atoms with E-state index < -0.39 is 61.3 Å². The number of rotatable bonds is 8. The highest BCUT2D eigenvalue weighted by molar-refractivity contribution is 7.98. The van der Waals surface area contributed by atoms with Crippen LogP contribution in [0.4, 0.5) is 8.78 Å². The van der Waals surface area contributed by atoms with Gasteiger partial charge in [-0.1, -0.05) is 24.3 Å². The van der Waals surface area contributed by atoms with Crippen LogP contribution in [-0.4, -0.2) is 67.7 Å². The van der Waals surface area contributed by atoms with Gasteiger partial charge in [0, 0.05) is 35.0 Å². The number of aromatic nitrogens is 1. The molecule has 3 aliphatic heterocycles. The first-order valence-corrected chi connectivity index (χ1v) is 16.4. The van der Waals surface area contributed by atoms with Crippen LogP contribution in [-0.2, 0) is 33.6 Å². The molecule has 45 heavy (non-hydrogen) atoms. The maximum absolute atomic E-state index is 15.4. The van der Waals surface area contributed by atoms with E-state index in [0.717, 1.165) is 29.7 Å². The molecule has 2 aromatic carbocycles. The molecular formula is C29H28F2N3O9PS. The number of methoxy groups -OCH3 is 1. The van der Waals surface area contributed by atoms with Gasteiger partial charge in [0.15, 0.2) is 23.9 Å². The van der Waals surface area contributed by atoms with Crippen molar-refractivity contribution in [2.75, 3.05) is 45.1 Å². The van der Waals surface area contributed by atoms with Crippen molar-refractivity contribution in [3.8, 4) is 5.75 Å². The Bertz CT molecular complexity index is 1770. The molecule has 1 saturated heterocycles. The smallest absolute Gasteiger partial charge is 0.467 e. The average Bonchev–Trinajstić information content (AvgIpc) is 3.21. The summed E-state index contributed by atoms with van der Waals surface area (Å²) in [5, 5.41) is 1.74. The quantitative estimate of drug-likeness (QED) is 0.257. The molecule has 3 aliphatic rings. The summed E-state index contributed by atoms with van der Waals surface area (Å²) >= 11 is 1.35. The van der Waals surface area contributed by atoms with Gasteiger partial charge in [-0.15, -0.1) is 11.8 Å². The average molecular weight is 664 g/mol. The monoisotopic (exact) mass is 663 g/mol. The summed E-state index contributed by atoms with van der Waals surface area (Å²) in [6, 6.07) is 10.2. The summed E-state index contributed by atoms with van der Waals surface area (Å²) in [6.45, 7) is 0.866. The van der Waals surface area contributed by atoms with Gasteiger partial charge in [0.2, 0.25) is 11.2 Å². The van der Waals surface area contributed by atoms with Gasteiger partial charge in [-0.05, 0) is 30.2 Å². The molecule has 16 heteroatoms. The number of thioether (sulfide) groups is 1. The molecule has 238 valence electrons. The van der Waals surface area contributed by atoms with Crippen LogP contribution in [0.3, 0.4) is 0 Å². The number of benzene rings is 2. The number of amides is 1. The second-order valence-electron chi connectivity index (χ2n) is 10.1. The molecule has 3 aromatic rings. The highest BCUT2D eigenvalue weighted by atomic mass is 32.2. The van der Waals surface area contributed by atoms with Crippen LogP contribution < -0.4 is 15.0 Å². The Morgan fingerprint density at radius 3 is 2.69 bits per heavy atom. The van der Waals surface area contributed by atoms with Crippen LogP contribution in [0.1, 0.15) is 40.1 Å². The molecule has 1 aromatic heterocycles. The molecule has 1 amide bonds. The first-order valence-electron chi connectivity index (χ1n) is 13.9. The minimum absolute atomic E-state index is 0.0536. The Hall–Kier alpha value is -3.75. The van der Waals surface area contributed by atoms with E-state index in [9.17, 15) is 23.3 Å². The number of fused-ring (bicyclic) bond motifs is 4. The van der Waals surface area contributed by atoms with E-state index >= 15 is 4.39 Å². The van der Waals surface area contributed by atoms with Crippen LogP contribution in [0.2, 0.25) is 0 Å². The second kappa shape index (κ2) is 12.6. The van der Waals surface area contributed by atoms with Crippen molar-refractivity contribution in [1.82, 2.24) is 9.58 Å². The maximum atomic E-state index is 15.4. The number of ether oxygens (including phenoxy) is 2. The van der Waals surface area contributed by atoms with Gasteiger partial charge >= 0.3 is 13.8 Å². The number of halogens is 2. The molecular weight excluding hydrogens is 635 g/mol. The van der Waals surface area contributed by atoms with Crippen molar-refractivity contribution >= 4 is 31.5 Å². The molecule has 4 heterocycles. The van der Waals surface area contributed by atoms with Crippen molar-refractivity contribution in [1.29, 1.82) is 0 Å². The lowest BCUT2D eigenvalue weighted by molar-refractivity contribution is -0.143. The number of hydrogen-bond acceptors (Lipinski definition) is 11. The Kier molecular flexibility index (Phi) is 8.72. The molecule has 0 spiro atoms. The summed E-state index contributed by atoms with van der Waals surface area (Å²) < 4.78 is 71.2. The molecule has 12 nitrogen and oxygen atoms in total. The third-order valence-corrected chi connectivity index (χ3v) is 10.1. The third kappa shape index (κ3) is 5.63. The number of phosphoric ester groups is 1. The SMILES string of the molecule is CCOP(=O)(OCC(=O)OC)Oc1c2n(ccc1=O)N([C@@H]1c3ccccc3SCc3c1ccc(F)c3F)[C@@H]1COCCN1C2=O. The van der Waals surface area contributed by atoms with Crippen molar-refractivity contribution in [3.63, 3.8) is 0 Å². The molecule has 3 atom stereocenters. The fourth-order valence-corrected chi connectivity index (χ4v) is 7.88. The van der Waals surface area contributed by atoms with E-state index in [1.165, 1.54) is 40.5 Å². The normalized spacial score (nSPS) is 20.2. The van der Waals surface area contributed by atoms with Crippen LogP contribution in [0, 0.1) is 11.6 Å². The highest BCUT2D eigenvalue weighted by Crippen LogP contribution is 2.50. The van der Waals surface area contributed by atoms with Gasteiger partial charge in [-0.3, -0.25) is 28.3 Å². The van der Waals surface area contributed by atoms with Crippen molar-refractivity contribution < 1.29 is 46.0 Å². The van der Waals surface area contributed by atoms with Crippen LogP contribution in [0.25, 0.3) is 0 Å². The van der Waals surface area contributed by atoms with Crippen molar-refractivity contribution in [2.24, 2.45) is 0 Å². The fraction of sp³-hybridized carbons (Fsp3) is 0.345. The first-order chi connectivity index (χ1) is 21.7. The Labute approximate surface area is 260 Å². The lowest BCUT2D eigenvalue weighted by Gasteiger charge is -2.51. The van der Waals surface area contributed by atoms with E-state index in [2.05, 4.69) is 4.74 Å². The van der Waals surface area contributed by atoms with E-state index in [0.29, 0.717) is 5.56 Å². The highest BCUT2D eigenvalue weighted by Gasteiger charge is 2.47. The molecule has 0 saturated carbocycles. The van der Waals surface area contributed by atoms with Gasteiger partial charge in [0.05, 0.1) is 33.0 Å². The van der Waals surface area contributed by atoms with Gasteiger partial charge in [-0.2, -0.15) is 0 Å². The van der Waals surface area contributed by atoms with Crippen LogP contribution >= 0.6 is 19.6 Å². The predicted octanol–water partition coefficient (Wildman–Crippen LogP) is 3.98. The maximum Gasteiger partial charge on any atom is 0.530 e. The van der Waals surface area contributed by atoms with E-state index in [1.807, 2.05) is 24.3 Å². The summed E-state index contributed by atoms with van der Waals surface area (Å²) in [5.41, 5.74) is 0.215. The lowest BCUT2D eigenvalue weighted by Crippen LogP contribution is -2.66. The Balaban J connectivity index is 1.57.